The quantitative estimate of drug-likeness (QED) is 0.673. The number of hydrogen-bond acceptors (Lipinski definition) is 3. The van der Waals surface area contributed by atoms with Crippen molar-refractivity contribution in [3.63, 3.8) is 0 Å². The van der Waals surface area contributed by atoms with E-state index in [-0.39, 0.29) is 24.3 Å². The van der Waals surface area contributed by atoms with E-state index in [9.17, 15) is 14.4 Å². The maximum Gasteiger partial charge on any atom is 0.254 e. The molecule has 0 spiro atoms. The highest BCUT2D eigenvalue weighted by atomic mass is 35.5. The number of halogens is 2. The first-order valence-electron chi connectivity index (χ1n) is 9.83. The SMILES string of the molecule is CCCN(CC(=O)Nc1ccc(Cl)cc1Cl)C(=O)c1cccc(N2CCCC2=O)c1. The monoisotopic (exact) mass is 447 g/mol. The third-order valence-electron chi connectivity index (χ3n) is 4.80. The standard InChI is InChI=1S/C22H23Cl2N3O3/c1-2-10-26(14-20(28)25-19-9-8-16(23)13-18(19)24)22(30)15-5-3-6-17(12-15)27-11-4-7-21(27)29/h3,5-6,8-9,12-13H,2,4,7,10-11,14H2,1H3,(H,25,28). The van der Waals surface area contributed by atoms with Crippen molar-refractivity contribution < 1.29 is 14.4 Å². The molecule has 0 unspecified atom stereocenters. The van der Waals surface area contributed by atoms with Crippen LogP contribution < -0.4 is 10.2 Å². The van der Waals surface area contributed by atoms with Crippen molar-refractivity contribution in [3.05, 3.63) is 58.1 Å². The Labute approximate surface area is 185 Å². The summed E-state index contributed by atoms with van der Waals surface area (Å²) in [7, 11) is 0. The molecule has 8 heteroatoms. The van der Waals surface area contributed by atoms with Crippen LogP contribution in [0.4, 0.5) is 11.4 Å². The summed E-state index contributed by atoms with van der Waals surface area (Å²) in [4.78, 5) is 40.8. The number of rotatable bonds is 7. The van der Waals surface area contributed by atoms with Gasteiger partial charge in [-0.05, 0) is 49.2 Å². The van der Waals surface area contributed by atoms with Gasteiger partial charge in [-0.2, -0.15) is 0 Å². The summed E-state index contributed by atoms with van der Waals surface area (Å²) in [5, 5.41) is 3.51. The molecule has 0 radical (unpaired) electrons. The summed E-state index contributed by atoms with van der Waals surface area (Å²) in [6, 6.07) is 11.8. The average Bonchev–Trinajstić information content (AvgIpc) is 3.15. The molecule has 2 aromatic rings. The van der Waals surface area contributed by atoms with E-state index >= 15 is 0 Å². The number of amides is 3. The van der Waals surface area contributed by atoms with E-state index in [4.69, 9.17) is 23.2 Å². The second-order valence-electron chi connectivity index (χ2n) is 7.10. The highest BCUT2D eigenvalue weighted by molar-refractivity contribution is 6.36. The Morgan fingerprint density at radius 2 is 1.97 bits per heavy atom. The van der Waals surface area contributed by atoms with Gasteiger partial charge in [0.05, 0.1) is 10.7 Å². The van der Waals surface area contributed by atoms with Crippen LogP contribution in [0.5, 0.6) is 0 Å². The van der Waals surface area contributed by atoms with Crippen molar-refractivity contribution in [2.75, 3.05) is 29.9 Å². The van der Waals surface area contributed by atoms with Crippen LogP contribution in [0.15, 0.2) is 42.5 Å². The molecule has 1 aliphatic heterocycles. The Hall–Kier alpha value is -2.57. The fraction of sp³-hybridized carbons (Fsp3) is 0.318. The summed E-state index contributed by atoms with van der Waals surface area (Å²) in [5.41, 5.74) is 1.58. The van der Waals surface area contributed by atoms with Gasteiger partial charge in [-0.25, -0.2) is 0 Å². The molecule has 1 N–H and O–H groups in total. The topological polar surface area (TPSA) is 69.7 Å². The first-order chi connectivity index (χ1) is 14.4. The molecule has 1 aliphatic rings. The lowest BCUT2D eigenvalue weighted by atomic mass is 10.1. The van der Waals surface area contributed by atoms with Gasteiger partial charge in [0.2, 0.25) is 11.8 Å². The van der Waals surface area contributed by atoms with Gasteiger partial charge >= 0.3 is 0 Å². The number of hydrogen-bond donors (Lipinski definition) is 1. The molecular formula is C22H23Cl2N3O3. The van der Waals surface area contributed by atoms with Crippen LogP contribution in [0.3, 0.4) is 0 Å². The molecule has 1 fully saturated rings. The van der Waals surface area contributed by atoms with Crippen molar-refractivity contribution in [2.45, 2.75) is 26.2 Å². The molecular weight excluding hydrogens is 425 g/mol. The van der Waals surface area contributed by atoms with Crippen LogP contribution in [0.2, 0.25) is 10.0 Å². The molecule has 0 aliphatic carbocycles. The number of carbonyl (C=O) groups is 3. The second-order valence-corrected chi connectivity index (χ2v) is 7.94. The maximum absolute atomic E-state index is 13.1. The van der Waals surface area contributed by atoms with Gasteiger partial charge in [0.1, 0.15) is 6.54 Å². The third kappa shape index (κ3) is 5.32. The maximum atomic E-state index is 13.1. The van der Waals surface area contributed by atoms with Crippen LogP contribution in [0.1, 0.15) is 36.5 Å². The molecule has 3 rings (SSSR count). The predicted octanol–water partition coefficient (Wildman–Crippen LogP) is 4.61. The molecule has 30 heavy (non-hydrogen) atoms. The summed E-state index contributed by atoms with van der Waals surface area (Å²) in [6.45, 7) is 2.90. The Morgan fingerprint density at radius 1 is 1.17 bits per heavy atom. The van der Waals surface area contributed by atoms with E-state index in [2.05, 4.69) is 5.32 Å². The van der Waals surface area contributed by atoms with Crippen molar-refractivity contribution in [2.24, 2.45) is 0 Å². The lowest BCUT2D eigenvalue weighted by molar-refractivity contribution is -0.117. The van der Waals surface area contributed by atoms with E-state index in [0.29, 0.717) is 52.9 Å². The number of benzene rings is 2. The van der Waals surface area contributed by atoms with E-state index in [1.54, 1.807) is 41.3 Å². The zero-order chi connectivity index (χ0) is 21.7. The Morgan fingerprint density at radius 3 is 2.63 bits per heavy atom. The Kier molecular flexibility index (Phi) is 7.34. The van der Waals surface area contributed by atoms with Gasteiger partial charge in [0.25, 0.3) is 5.91 Å². The third-order valence-corrected chi connectivity index (χ3v) is 5.35. The van der Waals surface area contributed by atoms with E-state index in [0.717, 1.165) is 6.42 Å². The summed E-state index contributed by atoms with van der Waals surface area (Å²) in [5.74, 6) is -0.557. The van der Waals surface area contributed by atoms with Crippen LogP contribution in [-0.4, -0.2) is 42.3 Å². The van der Waals surface area contributed by atoms with Crippen molar-refractivity contribution >= 4 is 52.3 Å². The fourth-order valence-corrected chi connectivity index (χ4v) is 3.84. The number of nitrogens with one attached hydrogen (secondary N) is 1. The van der Waals surface area contributed by atoms with Gasteiger partial charge in [0.15, 0.2) is 0 Å². The molecule has 1 heterocycles. The average molecular weight is 448 g/mol. The highest BCUT2D eigenvalue weighted by Crippen LogP contribution is 2.26. The predicted molar refractivity (Wildman–Crippen MR) is 119 cm³/mol. The Bertz CT molecular complexity index is 964. The molecule has 6 nitrogen and oxygen atoms in total. The second kappa shape index (κ2) is 9.96. The van der Waals surface area contributed by atoms with Crippen molar-refractivity contribution in [1.82, 2.24) is 4.90 Å². The number of nitrogens with zero attached hydrogens (tertiary/aromatic N) is 2. The van der Waals surface area contributed by atoms with Crippen LogP contribution in [0, 0.1) is 0 Å². The minimum Gasteiger partial charge on any atom is -0.329 e. The molecule has 1 saturated heterocycles. The summed E-state index contributed by atoms with van der Waals surface area (Å²) in [6.07, 6.45) is 2.03. The molecule has 158 valence electrons. The minimum absolute atomic E-state index is 0.0595. The van der Waals surface area contributed by atoms with Gasteiger partial charge in [0, 0.05) is 35.8 Å². The van der Waals surface area contributed by atoms with Crippen LogP contribution in [-0.2, 0) is 9.59 Å². The summed E-state index contributed by atoms with van der Waals surface area (Å²) < 4.78 is 0. The highest BCUT2D eigenvalue weighted by Gasteiger charge is 2.24. The largest absolute Gasteiger partial charge is 0.329 e. The number of carbonyl (C=O) groups excluding carboxylic acids is 3. The lowest BCUT2D eigenvalue weighted by Gasteiger charge is -2.23. The van der Waals surface area contributed by atoms with E-state index in [1.807, 2.05) is 13.0 Å². The molecule has 0 saturated carbocycles. The molecule has 0 bridgehead atoms. The van der Waals surface area contributed by atoms with Crippen molar-refractivity contribution in [3.8, 4) is 0 Å². The molecule has 2 aromatic carbocycles. The first-order valence-corrected chi connectivity index (χ1v) is 10.6. The van der Waals surface area contributed by atoms with Crippen molar-refractivity contribution in [1.29, 1.82) is 0 Å². The fourth-order valence-electron chi connectivity index (χ4n) is 3.39. The van der Waals surface area contributed by atoms with E-state index < -0.39 is 0 Å². The Balaban J connectivity index is 1.73. The lowest BCUT2D eigenvalue weighted by Crippen LogP contribution is -2.38. The van der Waals surface area contributed by atoms with Gasteiger partial charge < -0.3 is 15.1 Å². The van der Waals surface area contributed by atoms with Crippen LogP contribution in [0.25, 0.3) is 0 Å². The molecule has 0 atom stereocenters. The smallest absolute Gasteiger partial charge is 0.254 e. The van der Waals surface area contributed by atoms with E-state index in [1.165, 1.54) is 4.90 Å². The van der Waals surface area contributed by atoms with Gasteiger partial charge in [-0.15, -0.1) is 0 Å². The zero-order valence-electron chi connectivity index (χ0n) is 16.7. The van der Waals surface area contributed by atoms with Gasteiger partial charge in [-0.3, -0.25) is 14.4 Å². The molecule has 0 aromatic heterocycles. The summed E-state index contributed by atoms with van der Waals surface area (Å²) >= 11 is 12.0. The normalized spacial score (nSPS) is 13.4. The number of anilines is 2. The molecule has 3 amide bonds. The minimum atomic E-state index is -0.355. The van der Waals surface area contributed by atoms with Gasteiger partial charge in [-0.1, -0.05) is 36.2 Å². The first kappa shape index (κ1) is 22.1. The van der Waals surface area contributed by atoms with Crippen LogP contribution >= 0.6 is 23.2 Å². The zero-order valence-corrected chi connectivity index (χ0v) is 18.2.